The normalized spacial score (nSPS) is 15.7. The second-order valence-electron chi connectivity index (χ2n) is 8.34. The predicted octanol–water partition coefficient (Wildman–Crippen LogP) is 3.92. The van der Waals surface area contributed by atoms with Crippen LogP contribution in [0.5, 0.6) is 0 Å². The maximum absolute atomic E-state index is 13.2. The molecule has 1 fully saturated rings. The molecule has 4 rings (SSSR count). The molecule has 0 spiro atoms. The average molecular weight is 479 g/mol. The number of hydrogen-bond acceptors (Lipinski definition) is 6. The minimum absolute atomic E-state index is 0.0518. The quantitative estimate of drug-likeness (QED) is 0.360. The lowest BCUT2D eigenvalue weighted by Gasteiger charge is -2.38. The largest absolute Gasteiger partial charge is 0.468 e. The van der Waals surface area contributed by atoms with Crippen molar-refractivity contribution < 1.29 is 14.3 Å². The van der Waals surface area contributed by atoms with Crippen LogP contribution in [0.3, 0.4) is 0 Å². The van der Waals surface area contributed by atoms with E-state index in [1.165, 1.54) is 7.11 Å². The molecule has 1 unspecified atom stereocenters. The number of rotatable bonds is 8. The van der Waals surface area contributed by atoms with Gasteiger partial charge in [-0.15, -0.1) is 0 Å². The fourth-order valence-electron chi connectivity index (χ4n) is 4.57. The lowest BCUT2D eigenvalue weighted by atomic mass is 10.0. The molecule has 2 aromatic carbocycles. The first-order chi connectivity index (χ1) is 16.5. The number of aryl methyl sites for hydroxylation is 1. The van der Waals surface area contributed by atoms with Crippen LogP contribution in [0.15, 0.2) is 54.7 Å². The number of Topliss-reactive ketones (excluding diaryl/α,β-unsaturated/α-hetero) is 1. The van der Waals surface area contributed by atoms with Gasteiger partial charge in [0.05, 0.1) is 26.1 Å². The van der Waals surface area contributed by atoms with Crippen LogP contribution < -0.4 is 0 Å². The standard InChI is InChI=1S/C26H27ClN4O3/c1-34-26(33)25(20-8-2-4-9-22(20)27)30-15-13-29(14-16-30)18-24(32)21-17-31(12-6-11-28)23-10-5-3-7-19(21)23/h2-5,7-10,17,25H,6,12-16,18H2,1H3. The first-order valence-electron chi connectivity index (χ1n) is 11.3. The fraction of sp³-hybridized carbons (Fsp3) is 0.346. The van der Waals surface area contributed by atoms with E-state index in [1.807, 2.05) is 53.2 Å². The average Bonchev–Trinajstić information content (AvgIpc) is 3.23. The molecular formula is C26H27ClN4O3. The molecule has 176 valence electrons. The van der Waals surface area contributed by atoms with Gasteiger partial charge in [-0.05, 0) is 17.7 Å². The highest BCUT2D eigenvalue weighted by Crippen LogP contribution is 2.30. The predicted molar refractivity (Wildman–Crippen MR) is 131 cm³/mol. The van der Waals surface area contributed by atoms with Gasteiger partial charge in [0.1, 0.15) is 6.04 Å². The van der Waals surface area contributed by atoms with Gasteiger partial charge in [0, 0.05) is 60.4 Å². The molecule has 2 heterocycles. The monoisotopic (exact) mass is 478 g/mol. The molecule has 0 bridgehead atoms. The van der Waals surface area contributed by atoms with Crippen LogP contribution in [-0.4, -0.2) is 66.0 Å². The van der Waals surface area contributed by atoms with Gasteiger partial charge in [-0.1, -0.05) is 48.0 Å². The number of piperazine rings is 1. The Labute approximate surface area is 204 Å². The maximum atomic E-state index is 13.2. The van der Waals surface area contributed by atoms with Gasteiger partial charge in [0.2, 0.25) is 0 Å². The van der Waals surface area contributed by atoms with Crippen molar-refractivity contribution >= 4 is 34.3 Å². The summed E-state index contributed by atoms with van der Waals surface area (Å²) in [5.74, 6) is -0.293. The van der Waals surface area contributed by atoms with Crippen molar-refractivity contribution in [3.05, 3.63) is 70.9 Å². The van der Waals surface area contributed by atoms with Gasteiger partial charge < -0.3 is 9.30 Å². The van der Waals surface area contributed by atoms with E-state index in [0.717, 1.165) is 16.5 Å². The summed E-state index contributed by atoms with van der Waals surface area (Å²) in [6.45, 7) is 3.38. The number of fused-ring (bicyclic) bond motifs is 1. The Balaban J connectivity index is 1.45. The topological polar surface area (TPSA) is 78.6 Å². The summed E-state index contributed by atoms with van der Waals surface area (Å²) < 4.78 is 7.05. The summed E-state index contributed by atoms with van der Waals surface area (Å²) in [5.41, 5.74) is 2.37. The van der Waals surface area contributed by atoms with E-state index in [0.29, 0.717) is 56.3 Å². The zero-order chi connectivity index (χ0) is 24.1. The highest BCUT2D eigenvalue weighted by molar-refractivity contribution is 6.31. The van der Waals surface area contributed by atoms with Crippen molar-refractivity contribution in [2.75, 3.05) is 39.8 Å². The van der Waals surface area contributed by atoms with Crippen molar-refractivity contribution in [1.82, 2.24) is 14.4 Å². The molecule has 1 aromatic heterocycles. The highest BCUT2D eigenvalue weighted by Gasteiger charge is 2.33. The van der Waals surface area contributed by atoms with Crippen LogP contribution in [0.2, 0.25) is 5.02 Å². The van der Waals surface area contributed by atoms with Crippen LogP contribution in [0.1, 0.15) is 28.4 Å². The molecule has 1 saturated heterocycles. The number of methoxy groups -OCH3 is 1. The first-order valence-corrected chi connectivity index (χ1v) is 11.7. The fourth-order valence-corrected chi connectivity index (χ4v) is 4.81. The molecule has 1 atom stereocenters. The number of aromatic nitrogens is 1. The Hall–Kier alpha value is -3.18. The molecule has 0 N–H and O–H groups in total. The van der Waals surface area contributed by atoms with Gasteiger partial charge in [-0.2, -0.15) is 5.26 Å². The number of benzene rings is 2. The second kappa shape index (κ2) is 10.8. The van der Waals surface area contributed by atoms with Crippen molar-refractivity contribution in [2.45, 2.75) is 19.0 Å². The molecule has 0 aliphatic carbocycles. The van der Waals surface area contributed by atoms with Crippen molar-refractivity contribution in [3.8, 4) is 6.07 Å². The number of para-hydroxylation sites is 1. The Kier molecular flexibility index (Phi) is 7.63. The van der Waals surface area contributed by atoms with Crippen LogP contribution >= 0.6 is 11.6 Å². The third-order valence-corrected chi connectivity index (χ3v) is 6.66. The lowest BCUT2D eigenvalue weighted by Crippen LogP contribution is -2.50. The van der Waals surface area contributed by atoms with E-state index < -0.39 is 6.04 Å². The van der Waals surface area contributed by atoms with Gasteiger partial charge in [0.25, 0.3) is 0 Å². The minimum atomic E-state index is -0.574. The Morgan fingerprint density at radius 1 is 1.09 bits per heavy atom. The summed E-state index contributed by atoms with van der Waals surface area (Å²) in [6.07, 6.45) is 2.26. The van der Waals surface area contributed by atoms with E-state index in [-0.39, 0.29) is 11.8 Å². The smallest absolute Gasteiger partial charge is 0.327 e. The second-order valence-corrected chi connectivity index (χ2v) is 8.75. The number of hydrogen-bond donors (Lipinski definition) is 0. The van der Waals surface area contributed by atoms with Crippen molar-refractivity contribution in [1.29, 1.82) is 5.26 Å². The Morgan fingerprint density at radius 2 is 1.79 bits per heavy atom. The number of halogens is 1. The zero-order valence-corrected chi connectivity index (χ0v) is 19.9. The van der Waals surface area contributed by atoms with E-state index in [9.17, 15) is 9.59 Å². The summed E-state index contributed by atoms with van der Waals surface area (Å²) in [4.78, 5) is 30.0. The van der Waals surface area contributed by atoms with Gasteiger partial charge in [-0.3, -0.25) is 14.6 Å². The number of carbonyl (C=O) groups is 2. The zero-order valence-electron chi connectivity index (χ0n) is 19.1. The molecule has 1 aliphatic heterocycles. The molecule has 0 radical (unpaired) electrons. The van der Waals surface area contributed by atoms with E-state index in [4.69, 9.17) is 21.6 Å². The molecule has 8 heteroatoms. The van der Waals surface area contributed by atoms with Gasteiger partial charge in [-0.25, -0.2) is 4.79 Å². The van der Waals surface area contributed by atoms with E-state index >= 15 is 0 Å². The Morgan fingerprint density at radius 3 is 2.50 bits per heavy atom. The summed E-state index contributed by atoms with van der Waals surface area (Å²) in [6, 6.07) is 16.7. The van der Waals surface area contributed by atoms with Crippen LogP contribution in [-0.2, 0) is 16.1 Å². The molecule has 1 aliphatic rings. The van der Waals surface area contributed by atoms with E-state index in [1.54, 1.807) is 6.07 Å². The number of nitriles is 1. The molecule has 0 amide bonds. The SMILES string of the molecule is COC(=O)C(c1ccccc1Cl)N1CCN(CC(=O)c2cn(CCC#N)c3ccccc23)CC1. The molecule has 3 aromatic rings. The van der Waals surface area contributed by atoms with Crippen LogP contribution in [0.25, 0.3) is 10.9 Å². The van der Waals surface area contributed by atoms with Crippen LogP contribution in [0.4, 0.5) is 0 Å². The van der Waals surface area contributed by atoms with Crippen molar-refractivity contribution in [2.24, 2.45) is 0 Å². The molecule has 34 heavy (non-hydrogen) atoms. The van der Waals surface area contributed by atoms with E-state index in [2.05, 4.69) is 15.9 Å². The third kappa shape index (κ3) is 5.00. The number of nitrogens with zero attached hydrogens (tertiary/aromatic N) is 4. The highest BCUT2D eigenvalue weighted by atomic mass is 35.5. The molecular weight excluding hydrogens is 452 g/mol. The summed E-state index contributed by atoms with van der Waals surface area (Å²) >= 11 is 6.38. The number of ketones is 1. The number of carbonyl (C=O) groups excluding carboxylic acids is 2. The van der Waals surface area contributed by atoms with Gasteiger partial charge in [0.15, 0.2) is 5.78 Å². The number of ether oxygens (including phenoxy) is 1. The van der Waals surface area contributed by atoms with Gasteiger partial charge >= 0.3 is 5.97 Å². The molecule has 0 saturated carbocycles. The lowest BCUT2D eigenvalue weighted by molar-refractivity contribution is -0.148. The Bertz CT molecular complexity index is 1220. The summed E-state index contributed by atoms with van der Waals surface area (Å²) in [7, 11) is 1.38. The third-order valence-electron chi connectivity index (χ3n) is 6.32. The first kappa shape index (κ1) is 24.0. The van der Waals surface area contributed by atoms with Crippen molar-refractivity contribution in [3.63, 3.8) is 0 Å². The maximum Gasteiger partial charge on any atom is 0.327 e. The minimum Gasteiger partial charge on any atom is -0.468 e. The number of esters is 1. The molecule has 7 nitrogen and oxygen atoms in total. The summed E-state index contributed by atoms with van der Waals surface area (Å²) in [5, 5.41) is 10.4. The van der Waals surface area contributed by atoms with Crippen LogP contribution in [0, 0.1) is 11.3 Å².